The quantitative estimate of drug-likeness (QED) is 0.635. The predicted molar refractivity (Wildman–Crippen MR) is 60.3 cm³/mol. The summed E-state index contributed by atoms with van der Waals surface area (Å²) in [6, 6.07) is 0.126. The summed E-state index contributed by atoms with van der Waals surface area (Å²) < 4.78 is 2.00. The molecule has 17 heavy (non-hydrogen) atoms. The van der Waals surface area contributed by atoms with Crippen molar-refractivity contribution in [1.82, 2.24) is 29.9 Å². The highest BCUT2D eigenvalue weighted by atomic mass is 16.2. The maximum absolute atomic E-state index is 12.3. The van der Waals surface area contributed by atoms with Gasteiger partial charge in [-0.25, -0.2) is 4.79 Å². The molecule has 3 heterocycles. The van der Waals surface area contributed by atoms with Crippen LogP contribution in [0.15, 0.2) is 6.33 Å². The van der Waals surface area contributed by atoms with Gasteiger partial charge in [0.2, 0.25) is 0 Å². The van der Waals surface area contributed by atoms with Crippen molar-refractivity contribution < 1.29 is 4.79 Å². The second-order valence-electron chi connectivity index (χ2n) is 4.38. The minimum absolute atomic E-state index is 0.126. The van der Waals surface area contributed by atoms with Crippen LogP contribution >= 0.6 is 0 Å². The van der Waals surface area contributed by atoms with Crippen LogP contribution in [0.25, 0.3) is 0 Å². The van der Waals surface area contributed by atoms with Crippen molar-refractivity contribution in [2.24, 2.45) is 0 Å². The van der Waals surface area contributed by atoms with Crippen LogP contribution in [0.2, 0.25) is 0 Å². The molecule has 1 aromatic heterocycles. The number of hydrogen-bond donors (Lipinski definition) is 1. The average Bonchev–Trinajstić information content (AvgIpc) is 2.86. The summed E-state index contributed by atoms with van der Waals surface area (Å²) >= 11 is 0. The molecule has 7 heteroatoms. The standard InChI is InChI=1S/C10H16N6O/c17-10(14-3-1-11-2-4-14)15-5-6-16-8-12-13-9(16)7-15/h8,11H,1-7H2. The summed E-state index contributed by atoms with van der Waals surface area (Å²) in [6.07, 6.45) is 1.72. The topological polar surface area (TPSA) is 66.3 Å². The fourth-order valence-corrected chi connectivity index (χ4v) is 2.29. The maximum Gasteiger partial charge on any atom is 0.320 e. The van der Waals surface area contributed by atoms with E-state index in [9.17, 15) is 4.79 Å². The SMILES string of the molecule is O=C(N1CCNCC1)N1CCn2cnnc2C1. The molecule has 2 amide bonds. The molecule has 0 aromatic carbocycles. The van der Waals surface area contributed by atoms with Crippen molar-refractivity contribution >= 4 is 6.03 Å². The number of amides is 2. The number of aromatic nitrogens is 3. The molecule has 2 aliphatic rings. The number of carbonyl (C=O) groups is 1. The van der Waals surface area contributed by atoms with Crippen LogP contribution in [0.1, 0.15) is 5.82 Å². The fourth-order valence-electron chi connectivity index (χ4n) is 2.29. The number of nitrogens with zero attached hydrogens (tertiary/aromatic N) is 5. The predicted octanol–water partition coefficient (Wildman–Crippen LogP) is -0.881. The number of rotatable bonds is 0. The minimum atomic E-state index is 0.126. The first kappa shape index (κ1) is 10.5. The Hall–Kier alpha value is -1.63. The van der Waals surface area contributed by atoms with Crippen molar-refractivity contribution in [3.63, 3.8) is 0 Å². The largest absolute Gasteiger partial charge is 0.322 e. The van der Waals surface area contributed by atoms with Gasteiger partial charge in [-0.2, -0.15) is 0 Å². The van der Waals surface area contributed by atoms with Crippen molar-refractivity contribution in [2.75, 3.05) is 32.7 Å². The molecule has 1 fully saturated rings. The summed E-state index contributed by atoms with van der Waals surface area (Å²) in [5, 5.41) is 11.1. The molecule has 0 saturated carbocycles. The van der Waals surface area contributed by atoms with E-state index in [1.54, 1.807) is 6.33 Å². The van der Waals surface area contributed by atoms with E-state index in [0.29, 0.717) is 6.54 Å². The van der Waals surface area contributed by atoms with E-state index in [2.05, 4.69) is 15.5 Å². The Bertz CT molecular complexity index is 411. The van der Waals surface area contributed by atoms with Gasteiger partial charge in [-0.3, -0.25) is 0 Å². The molecule has 0 radical (unpaired) electrons. The smallest absolute Gasteiger partial charge is 0.320 e. The molecule has 92 valence electrons. The van der Waals surface area contributed by atoms with Crippen LogP contribution in [0.3, 0.4) is 0 Å². The summed E-state index contributed by atoms with van der Waals surface area (Å²) in [5.74, 6) is 0.875. The Labute approximate surface area is 99.4 Å². The third-order valence-corrected chi connectivity index (χ3v) is 3.30. The maximum atomic E-state index is 12.3. The first-order valence-electron chi connectivity index (χ1n) is 5.96. The third-order valence-electron chi connectivity index (χ3n) is 3.30. The van der Waals surface area contributed by atoms with Gasteiger partial charge in [-0.05, 0) is 0 Å². The van der Waals surface area contributed by atoms with Gasteiger partial charge in [0.15, 0.2) is 5.82 Å². The highest BCUT2D eigenvalue weighted by Gasteiger charge is 2.26. The second-order valence-corrected chi connectivity index (χ2v) is 4.38. The Morgan fingerprint density at radius 1 is 1.18 bits per heavy atom. The molecule has 0 aliphatic carbocycles. The highest BCUT2D eigenvalue weighted by Crippen LogP contribution is 2.11. The van der Waals surface area contributed by atoms with Gasteiger partial charge in [-0.1, -0.05) is 0 Å². The van der Waals surface area contributed by atoms with E-state index in [-0.39, 0.29) is 6.03 Å². The lowest BCUT2D eigenvalue weighted by molar-refractivity contribution is 0.134. The van der Waals surface area contributed by atoms with Crippen LogP contribution in [0, 0.1) is 0 Å². The molecule has 3 rings (SSSR count). The van der Waals surface area contributed by atoms with Crippen molar-refractivity contribution in [3.05, 3.63) is 12.2 Å². The zero-order valence-corrected chi connectivity index (χ0v) is 9.67. The van der Waals surface area contributed by atoms with Gasteiger partial charge in [0, 0.05) is 39.3 Å². The number of nitrogens with one attached hydrogen (secondary N) is 1. The number of piperazine rings is 1. The molecule has 2 aliphatic heterocycles. The molecule has 1 N–H and O–H groups in total. The lowest BCUT2D eigenvalue weighted by Gasteiger charge is -2.34. The van der Waals surface area contributed by atoms with Crippen molar-refractivity contribution in [2.45, 2.75) is 13.1 Å². The van der Waals surface area contributed by atoms with E-state index >= 15 is 0 Å². The molecule has 7 nitrogen and oxygen atoms in total. The molecule has 0 bridgehead atoms. The van der Waals surface area contributed by atoms with Crippen LogP contribution in [0.4, 0.5) is 4.79 Å². The zero-order valence-electron chi connectivity index (χ0n) is 9.67. The highest BCUT2D eigenvalue weighted by molar-refractivity contribution is 5.74. The van der Waals surface area contributed by atoms with E-state index in [1.807, 2.05) is 14.4 Å². The molecule has 0 atom stereocenters. The molecular formula is C10H16N6O. The van der Waals surface area contributed by atoms with Crippen LogP contribution in [-0.2, 0) is 13.1 Å². The van der Waals surface area contributed by atoms with E-state index in [4.69, 9.17) is 0 Å². The van der Waals surface area contributed by atoms with E-state index < -0.39 is 0 Å². The zero-order chi connectivity index (χ0) is 11.7. The minimum Gasteiger partial charge on any atom is -0.322 e. The van der Waals surface area contributed by atoms with E-state index in [0.717, 1.165) is 45.1 Å². The van der Waals surface area contributed by atoms with Crippen molar-refractivity contribution in [3.8, 4) is 0 Å². The first-order chi connectivity index (χ1) is 8.34. The molecular weight excluding hydrogens is 220 g/mol. The number of urea groups is 1. The van der Waals surface area contributed by atoms with Gasteiger partial charge in [-0.15, -0.1) is 10.2 Å². The van der Waals surface area contributed by atoms with Gasteiger partial charge in [0.05, 0.1) is 6.54 Å². The first-order valence-corrected chi connectivity index (χ1v) is 5.96. The van der Waals surface area contributed by atoms with Gasteiger partial charge >= 0.3 is 6.03 Å². The monoisotopic (exact) mass is 236 g/mol. The lowest BCUT2D eigenvalue weighted by atomic mass is 10.3. The Balaban J connectivity index is 1.67. The molecule has 0 unspecified atom stereocenters. The van der Waals surface area contributed by atoms with E-state index in [1.165, 1.54) is 0 Å². The average molecular weight is 236 g/mol. The Morgan fingerprint density at radius 3 is 2.82 bits per heavy atom. The summed E-state index contributed by atoms with van der Waals surface area (Å²) in [7, 11) is 0. The Kier molecular flexibility index (Phi) is 2.68. The number of fused-ring (bicyclic) bond motifs is 1. The van der Waals surface area contributed by atoms with Gasteiger partial charge < -0.3 is 19.7 Å². The summed E-state index contributed by atoms with van der Waals surface area (Å²) in [4.78, 5) is 16.0. The normalized spacial score (nSPS) is 20.2. The number of carbonyl (C=O) groups excluding carboxylic acids is 1. The molecule has 0 spiro atoms. The third kappa shape index (κ3) is 1.97. The van der Waals surface area contributed by atoms with Crippen LogP contribution in [0.5, 0.6) is 0 Å². The van der Waals surface area contributed by atoms with Gasteiger partial charge in [0.25, 0.3) is 0 Å². The summed E-state index contributed by atoms with van der Waals surface area (Å²) in [6.45, 7) is 5.46. The molecule has 1 aromatic rings. The summed E-state index contributed by atoms with van der Waals surface area (Å²) in [5.41, 5.74) is 0. The van der Waals surface area contributed by atoms with Crippen LogP contribution < -0.4 is 5.32 Å². The Morgan fingerprint density at radius 2 is 2.00 bits per heavy atom. The molecule has 1 saturated heterocycles. The van der Waals surface area contributed by atoms with Crippen molar-refractivity contribution in [1.29, 1.82) is 0 Å². The number of hydrogen-bond acceptors (Lipinski definition) is 4. The second kappa shape index (κ2) is 4.33. The lowest BCUT2D eigenvalue weighted by Crippen LogP contribution is -2.52. The fraction of sp³-hybridized carbons (Fsp3) is 0.700. The van der Waals surface area contributed by atoms with Crippen LogP contribution in [-0.4, -0.2) is 63.3 Å². The van der Waals surface area contributed by atoms with Gasteiger partial charge in [0.1, 0.15) is 6.33 Å².